The number of aliphatic hydroxyl groups excluding tert-OH is 1. The molecule has 0 spiro atoms. The SMILES string of the molecule is COc1ccc(O[C@@H]2CN(C(=O)c3nc(C(C)C)cs3)CC[C@H]2O)cc1OC. The molecule has 2 heterocycles. The van der Waals surface area contributed by atoms with E-state index in [0.717, 1.165) is 5.69 Å². The van der Waals surface area contributed by atoms with Crippen LogP contribution in [0, 0.1) is 0 Å². The van der Waals surface area contributed by atoms with Crippen LogP contribution < -0.4 is 14.2 Å². The molecule has 1 N–H and O–H groups in total. The minimum atomic E-state index is -0.653. The van der Waals surface area contributed by atoms with Crippen LogP contribution in [0.4, 0.5) is 0 Å². The summed E-state index contributed by atoms with van der Waals surface area (Å²) >= 11 is 1.36. The van der Waals surface area contributed by atoms with Crippen molar-refractivity contribution < 1.29 is 24.1 Å². The molecule has 0 saturated carbocycles. The van der Waals surface area contributed by atoms with E-state index in [0.29, 0.717) is 41.8 Å². The largest absolute Gasteiger partial charge is 0.493 e. The van der Waals surface area contributed by atoms with Crippen molar-refractivity contribution in [3.05, 3.63) is 34.3 Å². The highest BCUT2D eigenvalue weighted by molar-refractivity contribution is 7.11. The molecule has 152 valence electrons. The lowest BCUT2D eigenvalue weighted by Crippen LogP contribution is -2.51. The maximum Gasteiger partial charge on any atom is 0.282 e. The van der Waals surface area contributed by atoms with Crippen LogP contribution in [0.3, 0.4) is 0 Å². The van der Waals surface area contributed by atoms with E-state index < -0.39 is 12.2 Å². The predicted octanol–water partition coefficient (Wildman–Crippen LogP) is 2.94. The molecule has 1 saturated heterocycles. The zero-order chi connectivity index (χ0) is 20.3. The first-order valence-electron chi connectivity index (χ1n) is 9.24. The van der Waals surface area contributed by atoms with Crippen molar-refractivity contribution in [3.8, 4) is 17.2 Å². The molecule has 28 heavy (non-hydrogen) atoms. The summed E-state index contributed by atoms with van der Waals surface area (Å²) in [5.74, 6) is 1.85. The smallest absolute Gasteiger partial charge is 0.282 e. The van der Waals surface area contributed by atoms with Gasteiger partial charge in [-0.2, -0.15) is 0 Å². The Hall–Kier alpha value is -2.32. The van der Waals surface area contributed by atoms with Gasteiger partial charge < -0.3 is 24.2 Å². The second-order valence-electron chi connectivity index (χ2n) is 7.01. The molecular weight excluding hydrogens is 380 g/mol. The summed E-state index contributed by atoms with van der Waals surface area (Å²) in [6.07, 6.45) is -0.730. The van der Waals surface area contributed by atoms with Gasteiger partial charge in [0, 0.05) is 18.0 Å². The molecule has 1 fully saturated rings. The fraction of sp³-hybridized carbons (Fsp3) is 0.500. The molecule has 8 heteroatoms. The molecule has 2 atom stereocenters. The lowest BCUT2D eigenvalue weighted by molar-refractivity contribution is -0.0193. The van der Waals surface area contributed by atoms with Crippen molar-refractivity contribution >= 4 is 17.2 Å². The van der Waals surface area contributed by atoms with E-state index in [1.54, 1.807) is 37.3 Å². The first-order valence-corrected chi connectivity index (χ1v) is 10.1. The summed E-state index contributed by atoms with van der Waals surface area (Å²) < 4.78 is 16.5. The van der Waals surface area contributed by atoms with Crippen LogP contribution in [-0.2, 0) is 0 Å². The molecule has 3 rings (SSSR count). The monoisotopic (exact) mass is 406 g/mol. The fourth-order valence-electron chi connectivity index (χ4n) is 3.05. The maximum atomic E-state index is 12.8. The van der Waals surface area contributed by atoms with E-state index >= 15 is 0 Å². The molecule has 1 aliphatic rings. The second-order valence-corrected chi connectivity index (χ2v) is 7.87. The number of likely N-dealkylation sites (tertiary alicyclic amines) is 1. The molecule has 0 radical (unpaired) electrons. The van der Waals surface area contributed by atoms with Gasteiger partial charge in [0.2, 0.25) is 0 Å². The predicted molar refractivity (Wildman–Crippen MR) is 107 cm³/mol. The average molecular weight is 407 g/mol. The highest BCUT2D eigenvalue weighted by Gasteiger charge is 2.33. The molecule has 2 aromatic rings. The highest BCUT2D eigenvalue weighted by atomic mass is 32.1. The van der Waals surface area contributed by atoms with Crippen molar-refractivity contribution in [2.24, 2.45) is 0 Å². The van der Waals surface area contributed by atoms with Crippen molar-refractivity contribution in [1.29, 1.82) is 0 Å². The Kier molecular flexibility index (Phi) is 6.41. The van der Waals surface area contributed by atoms with Gasteiger partial charge in [-0.1, -0.05) is 13.8 Å². The van der Waals surface area contributed by atoms with E-state index in [4.69, 9.17) is 14.2 Å². The topological polar surface area (TPSA) is 81.1 Å². The van der Waals surface area contributed by atoms with E-state index in [-0.39, 0.29) is 11.8 Å². The van der Waals surface area contributed by atoms with Gasteiger partial charge in [0.25, 0.3) is 5.91 Å². The standard InChI is InChI=1S/C20H26N2O5S/c1-12(2)14-11-28-19(21-14)20(24)22-8-7-15(23)18(10-22)27-13-5-6-16(25-3)17(9-13)26-4/h5-6,9,11-12,15,18,23H,7-8,10H2,1-4H3/t15-,18-/m1/s1. The van der Waals surface area contributed by atoms with Crippen LogP contribution in [0.1, 0.15) is 41.7 Å². The summed E-state index contributed by atoms with van der Waals surface area (Å²) in [6.45, 7) is 4.87. The number of carbonyl (C=O) groups excluding carboxylic acids is 1. The number of methoxy groups -OCH3 is 2. The Morgan fingerprint density at radius 1 is 1.29 bits per heavy atom. The van der Waals surface area contributed by atoms with Crippen LogP contribution in [0.25, 0.3) is 0 Å². The van der Waals surface area contributed by atoms with Crippen LogP contribution >= 0.6 is 11.3 Å². The van der Waals surface area contributed by atoms with Crippen molar-refractivity contribution in [2.75, 3.05) is 27.3 Å². The Balaban J connectivity index is 1.71. The average Bonchev–Trinajstić information content (AvgIpc) is 3.19. The normalized spacial score (nSPS) is 19.6. The first-order chi connectivity index (χ1) is 13.4. The van der Waals surface area contributed by atoms with Gasteiger partial charge in [-0.3, -0.25) is 4.79 Å². The number of hydrogen-bond acceptors (Lipinski definition) is 7. The molecule has 0 unspecified atom stereocenters. The number of carbonyl (C=O) groups is 1. The van der Waals surface area contributed by atoms with Crippen LogP contribution in [0.15, 0.2) is 23.6 Å². The summed E-state index contributed by atoms with van der Waals surface area (Å²) in [7, 11) is 3.12. The van der Waals surface area contributed by atoms with Gasteiger partial charge >= 0.3 is 0 Å². The van der Waals surface area contributed by atoms with Gasteiger partial charge in [0.1, 0.15) is 11.9 Å². The Bertz CT molecular complexity index is 823. The summed E-state index contributed by atoms with van der Waals surface area (Å²) in [6, 6.07) is 5.21. The molecule has 7 nitrogen and oxygen atoms in total. The third-order valence-corrected chi connectivity index (χ3v) is 5.60. The van der Waals surface area contributed by atoms with Crippen LogP contribution in [0.5, 0.6) is 17.2 Å². The maximum absolute atomic E-state index is 12.8. The minimum Gasteiger partial charge on any atom is -0.493 e. The molecular formula is C20H26N2O5S. The van der Waals surface area contributed by atoms with E-state index in [1.807, 2.05) is 19.2 Å². The minimum absolute atomic E-state index is 0.121. The van der Waals surface area contributed by atoms with Crippen molar-refractivity contribution in [1.82, 2.24) is 9.88 Å². The summed E-state index contributed by atoms with van der Waals surface area (Å²) in [4.78, 5) is 19.0. The molecule has 0 aliphatic carbocycles. The Labute approximate surface area is 168 Å². The third kappa shape index (κ3) is 4.39. The number of piperidine rings is 1. The molecule has 0 bridgehead atoms. The highest BCUT2D eigenvalue weighted by Crippen LogP contribution is 2.32. The second kappa shape index (κ2) is 8.79. The van der Waals surface area contributed by atoms with Gasteiger partial charge in [-0.05, 0) is 24.5 Å². The Morgan fingerprint density at radius 3 is 2.68 bits per heavy atom. The number of thiazole rings is 1. The number of ether oxygens (including phenoxy) is 3. The lowest BCUT2D eigenvalue weighted by Gasteiger charge is -2.35. The molecule has 1 aromatic heterocycles. The van der Waals surface area contributed by atoms with E-state index in [9.17, 15) is 9.90 Å². The summed E-state index contributed by atoms with van der Waals surface area (Å²) in [5, 5.41) is 12.8. The summed E-state index contributed by atoms with van der Waals surface area (Å²) in [5.41, 5.74) is 0.920. The number of nitrogens with zero attached hydrogens (tertiary/aromatic N) is 2. The number of amides is 1. The van der Waals surface area contributed by atoms with Crippen molar-refractivity contribution in [3.63, 3.8) is 0 Å². The molecule has 1 aromatic carbocycles. The zero-order valence-electron chi connectivity index (χ0n) is 16.5. The van der Waals surface area contributed by atoms with Gasteiger partial charge in [0.15, 0.2) is 16.5 Å². The Morgan fingerprint density at radius 2 is 2.04 bits per heavy atom. The van der Waals surface area contributed by atoms with Gasteiger partial charge in [0.05, 0.1) is 32.6 Å². The quantitative estimate of drug-likeness (QED) is 0.794. The fourth-order valence-corrected chi connectivity index (χ4v) is 4.00. The number of hydrogen-bond donors (Lipinski definition) is 1. The number of aromatic nitrogens is 1. The van der Waals surface area contributed by atoms with Gasteiger partial charge in [-0.15, -0.1) is 11.3 Å². The molecule has 1 amide bonds. The third-order valence-electron chi connectivity index (χ3n) is 4.75. The van der Waals surface area contributed by atoms with Crippen LogP contribution in [0.2, 0.25) is 0 Å². The first kappa shape index (κ1) is 20.4. The lowest BCUT2D eigenvalue weighted by atomic mass is 10.0. The van der Waals surface area contributed by atoms with E-state index in [1.165, 1.54) is 11.3 Å². The van der Waals surface area contributed by atoms with E-state index in [2.05, 4.69) is 4.98 Å². The number of aliphatic hydroxyl groups is 1. The number of rotatable bonds is 6. The van der Waals surface area contributed by atoms with Crippen molar-refractivity contribution in [2.45, 2.75) is 38.4 Å². The zero-order valence-corrected chi connectivity index (χ0v) is 17.4. The molecule has 1 aliphatic heterocycles. The number of benzene rings is 1. The van der Waals surface area contributed by atoms with Crippen LogP contribution in [-0.4, -0.2) is 60.4 Å². The van der Waals surface area contributed by atoms with Gasteiger partial charge in [-0.25, -0.2) is 4.98 Å².